The van der Waals surface area contributed by atoms with Gasteiger partial charge in [0.2, 0.25) is 5.91 Å². The Morgan fingerprint density at radius 2 is 2.05 bits per heavy atom. The van der Waals surface area contributed by atoms with Gasteiger partial charge in [0.1, 0.15) is 6.54 Å². The van der Waals surface area contributed by atoms with E-state index in [2.05, 4.69) is 12.1 Å². The maximum Gasteiger partial charge on any atom is 0.242 e. The quantitative estimate of drug-likeness (QED) is 0.888. The normalized spacial score (nSPS) is 17.5. The van der Waals surface area contributed by atoms with E-state index in [-0.39, 0.29) is 5.91 Å². The number of hydrogen-bond acceptors (Lipinski definition) is 2. The number of hydrogen-bond donors (Lipinski definition) is 1. The summed E-state index contributed by atoms with van der Waals surface area (Å²) < 4.78 is 2.03. The SMILES string of the molecule is Cc1cc2ccccc2n1CC(=O)N1CC(C)(O)C1. The zero-order chi connectivity index (χ0) is 13.6. The number of likely N-dealkylation sites (tertiary alicyclic amines) is 1. The van der Waals surface area contributed by atoms with Crippen molar-refractivity contribution in [1.29, 1.82) is 0 Å². The summed E-state index contributed by atoms with van der Waals surface area (Å²) in [6.07, 6.45) is 0. The van der Waals surface area contributed by atoms with Crippen LogP contribution in [0, 0.1) is 6.92 Å². The van der Waals surface area contributed by atoms with Gasteiger partial charge in [-0.25, -0.2) is 0 Å². The number of nitrogens with zero attached hydrogens (tertiary/aromatic N) is 2. The number of rotatable bonds is 2. The van der Waals surface area contributed by atoms with Crippen LogP contribution >= 0.6 is 0 Å². The summed E-state index contributed by atoms with van der Waals surface area (Å²) in [4.78, 5) is 13.9. The predicted molar refractivity (Wildman–Crippen MR) is 73.9 cm³/mol. The first-order valence-electron chi connectivity index (χ1n) is 6.51. The van der Waals surface area contributed by atoms with Gasteiger partial charge < -0.3 is 14.6 Å². The van der Waals surface area contributed by atoms with Crippen LogP contribution in [0.1, 0.15) is 12.6 Å². The number of β-amino-alcohol motifs (C(OH)–C–C–N with tert-alkyl or cyclic N) is 1. The molecule has 0 saturated carbocycles. The van der Waals surface area contributed by atoms with Crippen molar-refractivity contribution in [3.05, 3.63) is 36.0 Å². The van der Waals surface area contributed by atoms with Gasteiger partial charge in [-0.3, -0.25) is 4.79 Å². The number of amides is 1. The lowest BCUT2D eigenvalue weighted by molar-refractivity contribution is -0.152. The maximum absolute atomic E-state index is 12.2. The molecule has 1 N–H and O–H groups in total. The lowest BCUT2D eigenvalue weighted by Crippen LogP contribution is -2.62. The molecule has 1 saturated heterocycles. The molecule has 1 aromatic carbocycles. The Morgan fingerprint density at radius 1 is 1.37 bits per heavy atom. The highest BCUT2D eigenvalue weighted by atomic mass is 16.3. The molecule has 1 fully saturated rings. The molecule has 4 nitrogen and oxygen atoms in total. The van der Waals surface area contributed by atoms with Crippen LogP contribution in [0.5, 0.6) is 0 Å². The minimum absolute atomic E-state index is 0.0657. The van der Waals surface area contributed by atoms with Gasteiger partial charge in [0.05, 0.1) is 18.7 Å². The van der Waals surface area contributed by atoms with Gasteiger partial charge in [0.25, 0.3) is 0 Å². The Bertz CT molecular complexity index is 635. The summed E-state index contributed by atoms with van der Waals surface area (Å²) in [5, 5.41) is 10.8. The van der Waals surface area contributed by atoms with E-state index >= 15 is 0 Å². The second kappa shape index (κ2) is 4.10. The van der Waals surface area contributed by atoms with Crippen LogP contribution in [0.15, 0.2) is 30.3 Å². The number of para-hydroxylation sites is 1. The first kappa shape index (κ1) is 12.2. The van der Waals surface area contributed by atoms with E-state index in [0.717, 1.165) is 16.6 Å². The summed E-state index contributed by atoms with van der Waals surface area (Å²) in [5.74, 6) is 0.0657. The van der Waals surface area contributed by atoms with E-state index in [0.29, 0.717) is 19.6 Å². The largest absolute Gasteiger partial charge is 0.386 e. The molecule has 1 amide bonds. The van der Waals surface area contributed by atoms with Gasteiger partial charge in [-0.1, -0.05) is 18.2 Å². The first-order chi connectivity index (χ1) is 8.96. The summed E-state index contributed by atoms with van der Waals surface area (Å²) >= 11 is 0. The number of carbonyl (C=O) groups is 1. The minimum atomic E-state index is -0.705. The molecule has 0 spiro atoms. The van der Waals surface area contributed by atoms with Crippen LogP contribution in [0.4, 0.5) is 0 Å². The topological polar surface area (TPSA) is 45.5 Å². The number of aromatic nitrogens is 1. The van der Waals surface area contributed by atoms with E-state index in [4.69, 9.17) is 0 Å². The number of carbonyl (C=O) groups excluding carboxylic acids is 1. The van der Waals surface area contributed by atoms with Crippen LogP contribution in [0.25, 0.3) is 10.9 Å². The van der Waals surface area contributed by atoms with Crippen molar-refractivity contribution in [1.82, 2.24) is 9.47 Å². The highest BCUT2D eigenvalue weighted by Gasteiger charge is 2.39. The number of fused-ring (bicyclic) bond motifs is 1. The Morgan fingerprint density at radius 3 is 2.74 bits per heavy atom. The smallest absolute Gasteiger partial charge is 0.242 e. The molecule has 1 aliphatic rings. The Balaban J connectivity index is 1.82. The summed E-state index contributed by atoms with van der Waals surface area (Å²) in [5.41, 5.74) is 1.46. The lowest BCUT2D eigenvalue weighted by Gasteiger charge is -2.44. The fraction of sp³-hybridized carbons (Fsp3) is 0.400. The van der Waals surface area contributed by atoms with Crippen LogP contribution in [0.2, 0.25) is 0 Å². The Labute approximate surface area is 112 Å². The second-order valence-corrected chi connectivity index (χ2v) is 5.68. The number of aliphatic hydroxyl groups is 1. The van der Waals surface area contributed by atoms with Gasteiger partial charge >= 0.3 is 0 Å². The third-order valence-electron chi connectivity index (χ3n) is 3.73. The molecule has 0 bridgehead atoms. The zero-order valence-corrected chi connectivity index (χ0v) is 11.3. The van der Waals surface area contributed by atoms with Crippen molar-refractivity contribution in [3.63, 3.8) is 0 Å². The van der Waals surface area contributed by atoms with Crippen LogP contribution in [-0.2, 0) is 11.3 Å². The highest BCUT2D eigenvalue weighted by molar-refractivity contribution is 5.84. The van der Waals surface area contributed by atoms with Crippen molar-refractivity contribution in [2.75, 3.05) is 13.1 Å². The minimum Gasteiger partial charge on any atom is -0.386 e. The maximum atomic E-state index is 12.2. The van der Waals surface area contributed by atoms with Crippen molar-refractivity contribution >= 4 is 16.8 Å². The van der Waals surface area contributed by atoms with Gasteiger partial charge in [0, 0.05) is 11.2 Å². The standard InChI is InChI=1S/C15H18N2O2/c1-11-7-12-5-3-4-6-13(12)17(11)8-14(18)16-9-15(2,19)10-16/h3-7,19H,8-10H2,1-2H3. The van der Waals surface area contributed by atoms with E-state index in [1.54, 1.807) is 11.8 Å². The fourth-order valence-electron chi connectivity index (χ4n) is 2.75. The van der Waals surface area contributed by atoms with Crippen molar-refractivity contribution < 1.29 is 9.90 Å². The molecule has 4 heteroatoms. The molecule has 0 aliphatic carbocycles. The van der Waals surface area contributed by atoms with Gasteiger partial charge in [-0.05, 0) is 31.4 Å². The van der Waals surface area contributed by atoms with Gasteiger partial charge in [-0.2, -0.15) is 0 Å². The van der Waals surface area contributed by atoms with Gasteiger partial charge in [-0.15, -0.1) is 0 Å². The molecule has 0 unspecified atom stereocenters. The third-order valence-corrected chi connectivity index (χ3v) is 3.73. The summed E-state index contributed by atoms with van der Waals surface area (Å²) in [7, 11) is 0. The van der Waals surface area contributed by atoms with E-state index in [1.807, 2.05) is 29.7 Å². The molecule has 3 rings (SSSR count). The predicted octanol–water partition coefficient (Wildman–Crippen LogP) is 1.54. The molecular weight excluding hydrogens is 240 g/mol. The number of benzene rings is 1. The molecule has 100 valence electrons. The fourth-order valence-corrected chi connectivity index (χ4v) is 2.75. The third kappa shape index (κ3) is 2.12. The average Bonchev–Trinajstić information content (AvgIpc) is 2.63. The van der Waals surface area contributed by atoms with Crippen molar-refractivity contribution in [2.45, 2.75) is 26.0 Å². The molecule has 19 heavy (non-hydrogen) atoms. The zero-order valence-electron chi connectivity index (χ0n) is 11.3. The van der Waals surface area contributed by atoms with E-state index < -0.39 is 5.60 Å². The van der Waals surface area contributed by atoms with E-state index in [1.165, 1.54) is 0 Å². The van der Waals surface area contributed by atoms with Crippen molar-refractivity contribution in [3.8, 4) is 0 Å². The summed E-state index contributed by atoms with van der Waals surface area (Å²) in [6.45, 7) is 4.98. The monoisotopic (exact) mass is 258 g/mol. The Kier molecular flexibility index (Phi) is 2.64. The molecular formula is C15H18N2O2. The Hall–Kier alpha value is -1.81. The second-order valence-electron chi connectivity index (χ2n) is 5.68. The van der Waals surface area contributed by atoms with Crippen LogP contribution in [0.3, 0.4) is 0 Å². The lowest BCUT2D eigenvalue weighted by atomic mass is 9.97. The molecule has 1 aliphatic heterocycles. The first-order valence-corrected chi connectivity index (χ1v) is 6.51. The number of aryl methyl sites for hydroxylation is 1. The van der Waals surface area contributed by atoms with Crippen LogP contribution in [-0.4, -0.2) is 39.2 Å². The summed E-state index contributed by atoms with van der Waals surface area (Å²) in [6, 6.07) is 10.2. The molecule has 2 heterocycles. The van der Waals surface area contributed by atoms with Crippen molar-refractivity contribution in [2.24, 2.45) is 0 Å². The molecule has 2 aromatic rings. The van der Waals surface area contributed by atoms with E-state index in [9.17, 15) is 9.90 Å². The average molecular weight is 258 g/mol. The molecule has 1 aromatic heterocycles. The highest BCUT2D eigenvalue weighted by Crippen LogP contribution is 2.22. The molecule has 0 radical (unpaired) electrons. The van der Waals surface area contributed by atoms with Crippen LogP contribution < -0.4 is 0 Å². The molecule has 0 atom stereocenters. The van der Waals surface area contributed by atoms with Gasteiger partial charge in [0.15, 0.2) is 0 Å².